The van der Waals surface area contributed by atoms with E-state index < -0.39 is 5.54 Å². The Balaban J connectivity index is 2.44. The maximum Gasteiger partial charge on any atom is 0.0663 e. The van der Waals surface area contributed by atoms with Crippen LogP contribution in [0.2, 0.25) is 5.02 Å². The SMILES string of the molecule is NC1(c2ccccc2Cl)C=CC(Cl)=C(Cl)C1. The molecule has 4 heteroatoms. The monoisotopic (exact) mass is 273 g/mol. The summed E-state index contributed by atoms with van der Waals surface area (Å²) in [5.74, 6) is 0. The summed E-state index contributed by atoms with van der Waals surface area (Å²) in [7, 11) is 0. The Labute approximate surface area is 109 Å². The molecule has 1 unspecified atom stereocenters. The summed E-state index contributed by atoms with van der Waals surface area (Å²) >= 11 is 18.0. The van der Waals surface area contributed by atoms with Gasteiger partial charge in [0.1, 0.15) is 0 Å². The normalized spacial score (nSPS) is 25.0. The van der Waals surface area contributed by atoms with Crippen LogP contribution in [0.15, 0.2) is 46.5 Å². The lowest BCUT2D eigenvalue weighted by atomic mass is 9.85. The summed E-state index contributed by atoms with van der Waals surface area (Å²) in [6.45, 7) is 0. The Hall–Kier alpha value is -0.470. The number of halogens is 3. The van der Waals surface area contributed by atoms with E-state index >= 15 is 0 Å². The van der Waals surface area contributed by atoms with E-state index in [4.69, 9.17) is 40.5 Å². The molecule has 1 aliphatic carbocycles. The van der Waals surface area contributed by atoms with E-state index in [1.165, 1.54) is 0 Å². The predicted octanol–water partition coefficient (Wildman–Crippen LogP) is 4.14. The second kappa shape index (κ2) is 4.42. The minimum Gasteiger partial charge on any atom is -0.318 e. The van der Waals surface area contributed by atoms with Crippen LogP contribution in [-0.4, -0.2) is 0 Å². The highest BCUT2D eigenvalue weighted by Gasteiger charge is 2.30. The summed E-state index contributed by atoms with van der Waals surface area (Å²) in [6, 6.07) is 7.48. The van der Waals surface area contributed by atoms with Crippen molar-refractivity contribution in [3.8, 4) is 0 Å². The van der Waals surface area contributed by atoms with Crippen molar-refractivity contribution in [1.82, 2.24) is 0 Å². The molecule has 1 aliphatic rings. The Bertz CT molecular complexity index is 479. The standard InChI is InChI=1S/C12H10Cl3N/c13-9-4-2-1-3-8(9)12(16)6-5-10(14)11(15)7-12/h1-6H,7,16H2. The molecule has 0 fully saturated rings. The molecule has 1 nitrogen and oxygen atoms in total. The molecule has 16 heavy (non-hydrogen) atoms. The number of hydrogen-bond acceptors (Lipinski definition) is 1. The molecule has 0 aliphatic heterocycles. The molecule has 2 rings (SSSR count). The predicted molar refractivity (Wildman–Crippen MR) is 69.8 cm³/mol. The molecular weight excluding hydrogens is 264 g/mol. The highest BCUT2D eigenvalue weighted by atomic mass is 35.5. The molecule has 0 aromatic heterocycles. The van der Waals surface area contributed by atoms with Crippen LogP contribution in [0.25, 0.3) is 0 Å². The lowest BCUT2D eigenvalue weighted by molar-refractivity contribution is 0.559. The average molecular weight is 275 g/mol. The van der Waals surface area contributed by atoms with E-state index in [-0.39, 0.29) is 0 Å². The van der Waals surface area contributed by atoms with E-state index in [1.807, 2.05) is 30.3 Å². The first-order valence-electron chi connectivity index (χ1n) is 4.80. The molecule has 2 N–H and O–H groups in total. The van der Waals surface area contributed by atoms with Crippen molar-refractivity contribution in [3.63, 3.8) is 0 Å². The van der Waals surface area contributed by atoms with Gasteiger partial charge in [-0.2, -0.15) is 0 Å². The highest BCUT2D eigenvalue weighted by molar-refractivity contribution is 6.40. The highest BCUT2D eigenvalue weighted by Crippen LogP contribution is 2.38. The zero-order valence-corrected chi connectivity index (χ0v) is 10.7. The molecule has 1 aromatic rings. The Morgan fingerprint density at radius 1 is 1.12 bits per heavy atom. The lowest BCUT2D eigenvalue weighted by Gasteiger charge is -2.30. The topological polar surface area (TPSA) is 26.0 Å². The quantitative estimate of drug-likeness (QED) is 0.818. The van der Waals surface area contributed by atoms with Gasteiger partial charge in [0.2, 0.25) is 0 Å². The Morgan fingerprint density at radius 2 is 1.81 bits per heavy atom. The van der Waals surface area contributed by atoms with Gasteiger partial charge in [-0.15, -0.1) is 0 Å². The average Bonchev–Trinajstić information content (AvgIpc) is 2.25. The van der Waals surface area contributed by atoms with Gasteiger partial charge in [-0.25, -0.2) is 0 Å². The molecule has 1 atom stereocenters. The third kappa shape index (κ3) is 2.14. The molecule has 1 aromatic carbocycles. The Kier molecular flexibility index (Phi) is 3.32. The summed E-state index contributed by atoms with van der Waals surface area (Å²) < 4.78 is 0. The first-order valence-corrected chi connectivity index (χ1v) is 5.93. The van der Waals surface area contributed by atoms with Crippen LogP contribution in [0.1, 0.15) is 12.0 Å². The molecule has 0 saturated heterocycles. The smallest absolute Gasteiger partial charge is 0.0663 e. The van der Waals surface area contributed by atoms with E-state index in [9.17, 15) is 0 Å². The summed E-state index contributed by atoms with van der Waals surface area (Å²) in [6.07, 6.45) is 4.02. The third-order valence-electron chi connectivity index (χ3n) is 2.61. The van der Waals surface area contributed by atoms with E-state index in [1.54, 1.807) is 6.08 Å². The number of allylic oxidation sites excluding steroid dienone is 2. The number of benzene rings is 1. The molecule has 0 spiro atoms. The van der Waals surface area contributed by atoms with Gasteiger partial charge in [0, 0.05) is 16.5 Å². The van der Waals surface area contributed by atoms with Crippen molar-refractivity contribution in [3.05, 3.63) is 57.1 Å². The molecule has 0 bridgehead atoms. The van der Waals surface area contributed by atoms with Gasteiger partial charge in [0.05, 0.1) is 10.6 Å². The van der Waals surface area contributed by atoms with Crippen molar-refractivity contribution in [2.24, 2.45) is 5.73 Å². The number of rotatable bonds is 1. The first kappa shape index (κ1) is 12.0. The van der Waals surface area contributed by atoms with Gasteiger partial charge < -0.3 is 5.73 Å². The molecule has 0 amide bonds. The van der Waals surface area contributed by atoms with E-state index in [0.29, 0.717) is 21.5 Å². The fourth-order valence-electron chi connectivity index (χ4n) is 1.74. The van der Waals surface area contributed by atoms with Gasteiger partial charge >= 0.3 is 0 Å². The van der Waals surface area contributed by atoms with Crippen molar-refractivity contribution < 1.29 is 0 Å². The van der Waals surface area contributed by atoms with Crippen LogP contribution >= 0.6 is 34.8 Å². The molecule has 0 heterocycles. The fourth-order valence-corrected chi connectivity index (χ4v) is 2.46. The lowest BCUT2D eigenvalue weighted by Crippen LogP contribution is -2.36. The minimum absolute atomic E-state index is 0.466. The van der Waals surface area contributed by atoms with Gasteiger partial charge in [0.25, 0.3) is 0 Å². The third-order valence-corrected chi connectivity index (χ3v) is 3.73. The molecule has 0 radical (unpaired) electrons. The summed E-state index contributed by atoms with van der Waals surface area (Å²) in [5, 5.41) is 1.73. The van der Waals surface area contributed by atoms with Crippen molar-refractivity contribution in [2.75, 3.05) is 0 Å². The second-order valence-corrected chi connectivity index (χ2v) is 5.05. The van der Waals surface area contributed by atoms with E-state index in [0.717, 1.165) is 5.56 Å². The first-order chi connectivity index (χ1) is 7.53. The Morgan fingerprint density at radius 3 is 2.44 bits per heavy atom. The second-order valence-electron chi connectivity index (χ2n) is 3.78. The number of nitrogens with two attached hydrogens (primary N) is 1. The zero-order chi connectivity index (χ0) is 11.8. The maximum atomic E-state index is 6.29. The summed E-state index contributed by atoms with van der Waals surface area (Å²) in [5.41, 5.74) is 6.47. The van der Waals surface area contributed by atoms with Gasteiger partial charge in [-0.3, -0.25) is 0 Å². The van der Waals surface area contributed by atoms with Crippen LogP contribution in [0, 0.1) is 0 Å². The van der Waals surface area contributed by atoms with Crippen LogP contribution in [0.4, 0.5) is 0 Å². The summed E-state index contributed by atoms with van der Waals surface area (Å²) in [4.78, 5) is 0. The fraction of sp³-hybridized carbons (Fsp3) is 0.167. The van der Waals surface area contributed by atoms with E-state index in [2.05, 4.69) is 0 Å². The molecular formula is C12H10Cl3N. The van der Waals surface area contributed by atoms with Crippen LogP contribution < -0.4 is 5.73 Å². The van der Waals surface area contributed by atoms with Crippen LogP contribution in [-0.2, 0) is 5.54 Å². The zero-order valence-electron chi connectivity index (χ0n) is 8.38. The molecule has 84 valence electrons. The van der Waals surface area contributed by atoms with Crippen LogP contribution in [0.5, 0.6) is 0 Å². The largest absolute Gasteiger partial charge is 0.318 e. The minimum atomic E-state index is -0.673. The maximum absolute atomic E-state index is 6.29. The number of hydrogen-bond donors (Lipinski definition) is 1. The van der Waals surface area contributed by atoms with Crippen molar-refractivity contribution in [1.29, 1.82) is 0 Å². The van der Waals surface area contributed by atoms with Gasteiger partial charge in [0.15, 0.2) is 0 Å². The van der Waals surface area contributed by atoms with Crippen LogP contribution in [0.3, 0.4) is 0 Å². The molecule has 0 saturated carbocycles. The van der Waals surface area contributed by atoms with Crippen molar-refractivity contribution in [2.45, 2.75) is 12.0 Å². The van der Waals surface area contributed by atoms with Gasteiger partial charge in [-0.05, 0) is 17.7 Å². The van der Waals surface area contributed by atoms with Gasteiger partial charge in [-0.1, -0.05) is 59.1 Å². The van der Waals surface area contributed by atoms with Crippen molar-refractivity contribution >= 4 is 34.8 Å².